The highest BCUT2D eigenvalue weighted by Crippen LogP contribution is 2.25. The van der Waals surface area contributed by atoms with Crippen molar-refractivity contribution in [2.45, 2.75) is 0 Å². The van der Waals surface area contributed by atoms with Gasteiger partial charge in [0, 0.05) is 0 Å². The molecule has 0 unspecified atom stereocenters. The lowest BCUT2D eigenvalue weighted by molar-refractivity contribution is 0.488. The molecule has 2 aromatic carbocycles. The van der Waals surface area contributed by atoms with E-state index in [1.54, 1.807) is 24.3 Å². The lowest BCUT2D eigenvalue weighted by atomic mass is 10.0. The van der Waals surface area contributed by atoms with Crippen molar-refractivity contribution in [3.05, 3.63) is 54.1 Å². The van der Waals surface area contributed by atoms with Crippen LogP contribution in [0.25, 0.3) is 11.1 Å². The summed E-state index contributed by atoms with van der Waals surface area (Å²) in [6.45, 7) is 0. The molecule has 19 heavy (non-hydrogen) atoms. The molecule has 2 rings (SSSR count). The molecule has 0 bridgehead atoms. The molecule has 0 saturated heterocycles. The summed E-state index contributed by atoms with van der Waals surface area (Å²) < 4.78 is 26.1. The summed E-state index contributed by atoms with van der Waals surface area (Å²) in [4.78, 5) is 0. The van der Waals surface area contributed by atoms with Crippen molar-refractivity contribution in [1.29, 1.82) is 5.26 Å². The molecule has 0 radical (unpaired) electrons. The molecule has 0 aliphatic rings. The van der Waals surface area contributed by atoms with Gasteiger partial charge in [-0.15, -0.1) is 0 Å². The first-order valence-corrected chi connectivity index (χ1v) is 6.78. The first kappa shape index (κ1) is 13.1. The molecule has 6 heteroatoms. The maximum atomic E-state index is 10.8. The molecular weight excluding hydrogens is 264 g/mol. The molecule has 0 atom stereocenters. The fourth-order valence-electron chi connectivity index (χ4n) is 1.66. The SMILES string of the molecule is N#Cc1ccccc1-c1ccc(OS(N)(=O)=O)cc1. The zero-order chi connectivity index (χ0) is 13.9. The minimum atomic E-state index is -4.02. The van der Waals surface area contributed by atoms with Gasteiger partial charge in [0.2, 0.25) is 0 Å². The van der Waals surface area contributed by atoms with E-state index >= 15 is 0 Å². The van der Waals surface area contributed by atoms with Gasteiger partial charge < -0.3 is 4.18 Å². The summed E-state index contributed by atoms with van der Waals surface area (Å²) >= 11 is 0. The standard InChI is InChI=1S/C13H10N2O3S/c14-9-11-3-1-2-4-13(11)10-5-7-12(8-6-10)18-19(15,16)17/h1-8H,(H2,15,16,17). The molecule has 5 nitrogen and oxygen atoms in total. The second-order valence-electron chi connectivity index (χ2n) is 3.76. The Bertz CT molecular complexity index is 731. The summed E-state index contributed by atoms with van der Waals surface area (Å²) in [5.74, 6) is 0.126. The Balaban J connectivity index is 2.36. The van der Waals surface area contributed by atoms with Gasteiger partial charge in [-0.05, 0) is 29.3 Å². The van der Waals surface area contributed by atoms with Crippen LogP contribution in [0.1, 0.15) is 5.56 Å². The number of rotatable bonds is 3. The predicted molar refractivity (Wildman–Crippen MR) is 70.3 cm³/mol. The summed E-state index contributed by atoms with van der Waals surface area (Å²) in [7, 11) is -4.02. The number of hydrogen-bond donors (Lipinski definition) is 1. The van der Waals surface area contributed by atoms with E-state index in [-0.39, 0.29) is 5.75 Å². The van der Waals surface area contributed by atoms with Crippen molar-refractivity contribution in [2.24, 2.45) is 5.14 Å². The zero-order valence-corrected chi connectivity index (χ0v) is 10.6. The highest BCUT2D eigenvalue weighted by atomic mass is 32.2. The molecule has 0 amide bonds. The summed E-state index contributed by atoms with van der Waals surface area (Å²) in [5.41, 5.74) is 2.11. The van der Waals surface area contributed by atoms with Gasteiger partial charge >= 0.3 is 10.3 Å². The van der Waals surface area contributed by atoms with Gasteiger partial charge in [-0.1, -0.05) is 30.3 Å². The Morgan fingerprint density at radius 2 is 1.68 bits per heavy atom. The molecule has 2 aromatic rings. The van der Waals surface area contributed by atoms with Crippen LogP contribution in [0.5, 0.6) is 5.75 Å². The smallest absolute Gasteiger partial charge is 0.371 e. The van der Waals surface area contributed by atoms with Crippen LogP contribution in [-0.2, 0) is 10.3 Å². The first-order valence-electron chi connectivity index (χ1n) is 5.31. The fraction of sp³-hybridized carbons (Fsp3) is 0. The summed E-state index contributed by atoms with van der Waals surface area (Å²) in [6.07, 6.45) is 0. The average molecular weight is 274 g/mol. The Morgan fingerprint density at radius 3 is 2.26 bits per heavy atom. The Labute approximate surface area is 111 Å². The minimum absolute atomic E-state index is 0.126. The van der Waals surface area contributed by atoms with Gasteiger partial charge in [-0.3, -0.25) is 0 Å². The quantitative estimate of drug-likeness (QED) is 0.923. The number of nitrogens with zero attached hydrogens (tertiary/aromatic N) is 1. The monoisotopic (exact) mass is 274 g/mol. The third kappa shape index (κ3) is 3.31. The second-order valence-corrected chi connectivity index (χ2v) is 4.91. The Morgan fingerprint density at radius 1 is 1.05 bits per heavy atom. The van der Waals surface area contributed by atoms with Gasteiger partial charge in [0.1, 0.15) is 5.75 Å². The van der Waals surface area contributed by atoms with E-state index in [0.717, 1.165) is 11.1 Å². The van der Waals surface area contributed by atoms with E-state index < -0.39 is 10.3 Å². The maximum Gasteiger partial charge on any atom is 0.380 e. The molecule has 96 valence electrons. The van der Waals surface area contributed by atoms with Crippen molar-refractivity contribution in [2.75, 3.05) is 0 Å². The molecule has 2 N–H and O–H groups in total. The number of nitriles is 1. The van der Waals surface area contributed by atoms with E-state index in [1.807, 2.05) is 12.1 Å². The fourth-order valence-corrected chi connectivity index (χ4v) is 2.04. The zero-order valence-electron chi connectivity index (χ0n) is 9.78. The van der Waals surface area contributed by atoms with Gasteiger partial charge in [0.25, 0.3) is 0 Å². The van der Waals surface area contributed by atoms with Gasteiger partial charge in [0.15, 0.2) is 0 Å². The van der Waals surface area contributed by atoms with Crippen LogP contribution in [0.3, 0.4) is 0 Å². The van der Waals surface area contributed by atoms with Crippen LogP contribution in [0.2, 0.25) is 0 Å². The minimum Gasteiger partial charge on any atom is -0.371 e. The Kier molecular flexibility index (Phi) is 3.51. The number of benzene rings is 2. The first-order chi connectivity index (χ1) is 8.99. The Hall–Kier alpha value is -2.36. The van der Waals surface area contributed by atoms with E-state index in [4.69, 9.17) is 10.4 Å². The predicted octanol–water partition coefficient (Wildman–Crippen LogP) is 1.81. The van der Waals surface area contributed by atoms with Crippen molar-refractivity contribution in [3.8, 4) is 22.9 Å². The van der Waals surface area contributed by atoms with Crippen LogP contribution >= 0.6 is 0 Å². The topological polar surface area (TPSA) is 93.2 Å². The van der Waals surface area contributed by atoms with Gasteiger partial charge in [0.05, 0.1) is 11.6 Å². The molecule has 0 aliphatic carbocycles. The van der Waals surface area contributed by atoms with E-state index in [1.165, 1.54) is 12.1 Å². The van der Waals surface area contributed by atoms with Crippen LogP contribution in [-0.4, -0.2) is 8.42 Å². The van der Waals surface area contributed by atoms with Crippen LogP contribution in [0.4, 0.5) is 0 Å². The van der Waals surface area contributed by atoms with Crippen LogP contribution in [0.15, 0.2) is 48.5 Å². The largest absolute Gasteiger partial charge is 0.380 e. The highest BCUT2D eigenvalue weighted by Gasteiger charge is 2.07. The summed E-state index contributed by atoms with van der Waals surface area (Å²) in [6, 6.07) is 15.5. The third-order valence-electron chi connectivity index (χ3n) is 2.43. The van der Waals surface area contributed by atoms with E-state index in [2.05, 4.69) is 10.3 Å². The maximum absolute atomic E-state index is 10.8. The third-order valence-corrected chi connectivity index (χ3v) is 2.85. The number of hydrogen-bond acceptors (Lipinski definition) is 4. The molecular formula is C13H10N2O3S. The molecule has 0 spiro atoms. The molecule has 0 fully saturated rings. The van der Waals surface area contributed by atoms with Crippen LogP contribution in [0, 0.1) is 11.3 Å². The van der Waals surface area contributed by atoms with E-state index in [9.17, 15) is 8.42 Å². The lowest BCUT2D eigenvalue weighted by Crippen LogP contribution is -2.18. The van der Waals surface area contributed by atoms with Crippen molar-refractivity contribution in [3.63, 3.8) is 0 Å². The van der Waals surface area contributed by atoms with Gasteiger partial charge in [-0.2, -0.15) is 18.8 Å². The van der Waals surface area contributed by atoms with Crippen molar-refractivity contribution in [1.82, 2.24) is 0 Å². The molecule has 0 heterocycles. The summed E-state index contributed by atoms with van der Waals surface area (Å²) in [5, 5.41) is 13.8. The molecule has 0 aliphatic heterocycles. The lowest BCUT2D eigenvalue weighted by Gasteiger charge is -2.06. The van der Waals surface area contributed by atoms with Crippen molar-refractivity contribution < 1.29 is 12.6 Å². The van der Waals surface area contributed by atoms with Crippen molar-refractivity contribution >= 4 is 10.3 Å². The second kappa shape index (κ2) is 5.10. The average Bonchev–Trinajstić information content (AvgIpc) is 2.38. The van der Waals surface area contributed by atoms with Gasteiger partial charge in [-0.25, -0.2) is 0 Å². The highest BCUT2D eigenvalue weighted by molar-refractivity contribution is 7.84. The van der Waals surface area contributed by atoms with Crippen LogP contribution < -0.4 is 9.32 Å². The molecule has 0 aromatic heterocycles. The van der Waals surface area contributed by atoms with E-state index in [0.29, 0.717) is 5.56 Å². The number of nitrogens with two attached hydrogens (primary N) is 1. The normalized spacial score (nSPS) is 10.7. The molecule has 0 saturated carbocycles.